The summed E-state index contributed by atoms with van der Waals surface area (Å²) in [5.74, 6) is 1.90. The summed E-state index contributed by atoms with van der Waals surface area (Å²) >= 11 is 1.77. The molecule has 1 atom stereocenters. The molecule has 8 heteroatoms. The van der Waals surface area contributed by atoms with Crippen LogP contribution in [0.25, 0.3) is 0 Å². The van der Waals surface area contributed by atoms with Crippen molar-refractivity contribution < 1.29 is 13.2 Å². The van der Waals surface area contributed by atoms with Gasteiger partial charge in [0.15, 0.2) is 0 Å². The van der Waals surface area contributed by atoms with E-state index >= 15 is 0 Å². The molecule has 1 N–H and O–H groups in total. The molecule has 1 aliphatic rings. The number of carbonyl (C=O) groups is 1. The van der Waals surface area contributed by atoms with E-state index in [2.05, 4.69) is 19.2 Å². The Morgan fingerprint density at radius 3 is 2.42 bits per heavy atom. The standard InChI is InChI=1S/C16H27N3O3S2/c1-14(2)13-15(18-6-3-4-7-18)16(20)17-5-12-24(21,22)19-8-10-23-11-9-19/h3-4,6-7,14-15H,5,8-13H2,1-2H3,(H,17,20). The summed E-state index contributed by atoms with van der Waals surface area (Å²) in [4.78, 5) is 12.5. The first-order valence-corrected chi connectivity index (χ1v) is 11.1. The molecular formula is C16H27N3O3S2. The molecule has 1 fully saturated rings. The van der Waals surface area contributed by atoms with Crippen LogP contribution in [0.1, 0.15) is 26.3 Å². The molecule has 0 bridgehead atoms. The molecule has 2 rings (SSSR count). The summed E-state index contributed by atoms with van der Waals surface area (Å²) in [7, 11) is -3.28. The Morgan fingerprint density at radius 1 is 1.21 bits per heavy atom. The maximum absolute atomic E-state index is 12.5. The maximum atomic E-state index is 12.5. The van der Waals surface area contributed by atoms with Gasteiger partial charge in [-0.3, -0.25) is 4.79 Å². The molecule has 6 nitrogen and oxygen atoms in total. The summed E-state index contributed by atoms with van der Waals surface area (Å²) in [5, 5.41) is 2.80. The smallest absolute Gasteiger partial charge is 0.243 e. The van der Waals surface area contributed by atoms with Crippen LogP contribution in [0.15, 0.2) is 24.5 Å². The highest BCUT2D eigenvalue weighted by molar-refractivity contribution is 7.99. The van der Waals surface area contributed by atoms with Crippen molar-refractivity contribution in [2.24, 2.45) is 5.92 Å². The second kappa shape index (κ2) is 8.92. The van der Waals surface area contributed by atoms with Gasteiger partial charge in [0.25, 0.3) is 0 Å². The molecule has 1 aliphatic heterocycles. The highest BCUT2D eigenvalue weighted by Crippen LogP contribution is 2.18. The average Bonchev–Trinajstić information content (AvgIpc) is 3.07. The largest absolute Gasteiger partial charge is 0.353 e. The Balaban J connectivity index is 1.88. The molecule has 1 aromatic heterocycles. The number of hydrogen-bond donors (Lipinski definition) is 1. The molecule has 136 valence electrons. The fourth-order valence-electron chi connectivity index (χ4n) is 2.74. The summed E-state index contributed by atoms with van der Waals surface area (Å²) in [5.41, 5.74) is 0. The summed E-state index contributed by atoms with van der Waals surface area (Å²) in [6, 6.07) is 3.48. The van der Waals surface area contributed by atoms with Crippen LogP contribution < -0.4 is 5.32 Å². The fourth-order valence-corrected chi connectivity index (χ4v) is 5.23. The van der Waals surface area contributed by atoms with Crippen LogP contribution in [0.2, 0.25) is 0 Å². The minimum atomic E-state index is -3.28. The number of rotatable bonds is 8. The number of hydrogen-bond acceptors (Lipinski definition) is 4. The summed E-state index contributed by atoms with van der Waals surface area (Å²) in [6.45, 7) is 5.44. The molecular weight excluding hydrogens is 346 g/mol. The molecule has 0 radical (unpaired) electrons. The van der Waals surface area contributed by atoms with Crippen LogP contribution in [-0.2, 0) is 14.8 Å². The molecule has 0 spiro atoms. The lowest BCUT2D eigenvalue weighted by atomic mass is 10.0. The molecule has 1 aromatic rings. The third-order valence-electron chi connectivity index (χ3n) is 4.01. The third-order valence-corrected chi connectivity index (χ3v) is 6.82. The first-order chi connectivity index (χ1) is 11.4. The average molecular weight is 374 g/mol. The minimum Gasteiger partial charge on any atom is -0.353 e. The molecule has 1 unspecified atom stereocenters. The summed E-state index contributed by atoms with van der Waals surface area (Å²) < 4.78 is 28.0. The zero-order chi connectivity index (χ0) is 17.6. The monoisotopic (exact) mass is 373 g/mol. The van der Waals surface area contributed by atoms with Gasteiger partial charge in [0, 0.05) is 43.5 Å². The van der Waals surface area contributed by atoms with Crippen molar-refractivity contribution in [3.05, 3.63) is 24.5 Å². The topological polar surface area (TPSA) is 71.4 Å². The highest BCUT2D eigenvalue weighted by atomic mass is 32.2. The second-order valence-electron chi connectivity index (χ2n) is 6.39. The molecule has 1 saturated heterocycles. The number of amides is 1. The van der Waals surface area contributed by atoms with Crippen molar-refractivity contribution in [1.82, 2.24) is 14.2 Å². The van der Waals surface area contributed by atoms with Crippen LogP contribution in [0.3, 0.4) is 0 Å². The Labute approximate surface area is 149 Å². The highest BCUT2D eigenvalue weighted by Gasteiger charge is 2.25. The van der Waals surface area contributed by atoms with Crippen molar-refractivity contribution in [3.8, 4) is 0 Å². The first kappa shape index (κ1) is 19.3. The van der Waals surface area contributed by atoms with Crippen LogP contribution in [0.4, 0.5) is 0 Å². The van der Waals surface area contributed by atoms with Crippen molar-refractivity contribution in [2.45, 2.75) is 26.3 Å². The van der Waals surface area contributed by atoms with Gasteiger partial charge in [0.1, 0.15) is 6.04 Å². The summed E-state index contributed by atoms with van der Waals surface area (Å²) in [6.07, 6.45) is 4.46. The van der Waals surface area contributed by atoms with E-state index in [1.807, 2.05) is 29.1 Å². The van der Waals surface area contributed by atoms with E-state index in [1.165, 1.54) is 4.31 Å². The molecule has 1 amide bonds. The van der Waals surface area contributed by atoms with Crippen molar-refractivity contribution in [2.75, 3.05) is 36.9 Å². The fraction of sp³-hybridized carbons (Fsp3) is 0.688. The zero-order valence-electron chi connectivity index (χ0n) is 14.3. The van der Waals surface area contributed by atoms with Gasteiger partial charge in [-0.15, -0.1) is 0 Å². The molecule has 0 aliphatic carbocycles. The lowest BCUT2D eigenvalue weighted by molar-refractivity contribution is -0.124. The van der Waals surface area contributed by atoms with Gasteiger partial charge >= 0.3 is 0 Å². The van der Waals surface area contributed by atoms with Gasteiger partial charge in [0.2, 0.25) is 15.9 Å². The quantitative estimate of drug-likeness (QED) is 0.751. The van der Waals surface area contributed by atoms with E-state index in [9.17, 15) is 13.2 Å². The zero-order valence-corrected chi connectivity index (χ0v) is 16.0. The Hall–Kier alpha value is -0.990. The predicted molar refractivity (Wildman–Crippen MR) is 98.6 cm³/mol. The van der Waals surface area contributed by atoms with E-state index in [4.69, 9.17) is 0 Å². The molecule has 24 heavy (non-hydrogen) atoms. The van der Waals surface area contributed by atoms with Crippen LogP contribution in [-0.4, -0.2) is 60.1 Å². The molecule has 0 saturated carbocycles. The first-order valence-electron chi connectivity index (χ1n) is 8.36. The number of aromatic nitrogens is 1. The van der Waals surface area contributed by atoms with Gasteiger partial charge in [-0.25, -0.2) is 12.7 Å². The van der Waals surface area contributed by atoms with E-state index in [1.54, 1.807) is 11.8 Å². The minimum absolute atomic E-state index is 0.0382. The number of sulfonamides is 1. The van der Waals surface area contributed by atoms with Gasteiger partial charge < -0.3 is 9.88 Å². The number of nitrogens with zero attached hydrogens (tertiary/aromatic N) is 2. The van der Waals surface area contributed by atoms with E-state index in [0.717, 1.165) is 17.9 Å². The molecule has 0 aromatic carbocycles. The Bertz CT molecular complexity index is 609. The Morgan fingerprint density at radius 2 is 1.83 bits per heavy atom. The van der Waals surface area contributed by atoms with Gasteiger partial charge in [-0.1, -0.05) is 13.8 Å². The second-order valence-corrected chi connectivity index (χ2v) is 9.71. The van der Waals surface area contributed by atoms with Gasteiger partial charge in [-0.2, -0.15) is 11.8 Å². The van der Waals surface area contributed by atoms with Crippen LogP contribution >= 0.6 is 11.8 Å². The SMILES string of the molecule is CC(C)CC(C(=O)NCCS(=O)(=O)N1CCSCC1)n1cccc1. The van der Waals surface area contributed by atoms with Gasteiger partial charge in [0.05, 0.1) is 5.75 Å². The number of thioether (sulfide) groups is 1. The van der Waals surface area contributed by atoms with Crippen LogP contribution in [0, 0.1) is 5.92 Å². The lowest BCUT2D eigenvalue weighted by Crippen LogP contribution is -2.42. The van der Waals surface area contributed by atoms with Crippen molar-refractivity contribution in [3.63, 3.8) is 0 Å². The van der Waals surface area contributed by atoms with E-state index in [-0.39, 0.29) is 24.2 Å². The van der Waals surface area contributed by atoms with Crippen molar-refractivity contribution >= 4 is 27.7 Å². The maximum Gasteiger partial charge on any atom is 0.243 e. The molecule has 2 heterocycles. The van der Waals surface area contributed by atoms with Gasteiger partial charge in [-0.05, 0) is 24.5 Å². The van der Waals surface area contributed by atoms with E-state index in [0.29, 0.717) is 19.0 Å². The van der Waals surface area contributed by atoms with E-state index < -0.39 is 10.0 Å². The number of carbonyl (C=O) groups excluding carboxylic acids is 1. The third kappa shape index (κ3) is 5.53. The van der Waals surface area contributed by atoms with Crippen LogP contribution in [0.5, 0.6) is 0 Å². The predicted octanol–water partition coefficient (Wildman–Crippen LogP) is 1.57. The lowest BCUT2D eigenvalue weighted by Gasteiger charge is -2.26. The van der Waals surface area contributed by atoms with Crippen molar-refractivity contribution in [1.29, 1.82) is 0 Å². The normalized spacial score (nSPS) is 17.8. The number of nitrogens with one attached hydrogen (secondary N) is 1. The Kier molecular flexibility index (Phi) is 7.18.